The van der Waals surface area contributed by atoms with Crippen LogP contribution >= 0.6 is 0 Å². The van der Waals surface area contributed by atoms with Gasteiger partial charge in [-0.25, -0.2) is 0 Å². The van der Waals surface area contributed by atoms with Crippen molar-refractivity contribution in [1.82, 2.24) is 4.98 Å². The van der Waals surface area contributed by atoms with Crippen molar-refractivity contribution in [3.8, 4) is 0 Å². The van der Waals surface area contributed by atoms with Crippen LogP contribution < -0.4 is 5.73 Å². The van der Waals surface area contributed by atoms with Gasteiger partial charge in [0.05, 0.1) is 11.7 Å². The summed E-state index contributed by atoms with van der Waals surface area (Å²) in [4.78, 5) is 4.42. The highest BCUT2D eigenvalue weighted by Crippen LogP contribution is 2.22. The van der Waals surface area contributed by atoms with Crippen LogP contribution in [0.5, 0.6) is 0 Å². The number of hydrogen-bond donors (Lipinski definition) is 1. The Labute approximate surface area is 115 Å². The first-order valence-corrected chi connectivity index (χ1v) is 6.84. The van der Waals surface area contributed by atoms with E-state index in [-0.39, 0.29) is 6.04 Å². The maximum atomic E-state index is 6.35. The summed E-state index contributed by atoms with van der Waals surface area (Å²) in [6.45, 7) is 6.52. The summed E-state index contributed by atoms with van der Waals surface area (Å²) in [7, 11) is 0. The Morgan fingerprint density at radius 2 is 1.95 bits per heavy atom. The van der Waals surface area contributed by atoms with Gasteiger partial charge in [0, 0.05) is 6.20 Å². The zero-order chi connectivity index (χ0) is 13.8. The number of pyridine rings is 1. The highest BCUT2D eigenvalue weighted by atomic mass is 14.8. The van der Waals surface area contributed by atoms with Crippen molar-refractivity contribution >= 4 is 0 Å². The van der Waals surface area contributed by atoms with Crippen LogP contribution in [-0.2, 0) is 6.42 Å². The molecule has 0 saturated heterocycles. The molecule has 0 spiro atoms. The fraction of sp³-hybridized carbons (Fsp3) is 0.353. The third-order valence-electron chi connectivity index (χ3n) is 3.30. The summed E-state index contributed by atoms with van der Waals surface area (Å²) in [5.41, 5.74) is 10.9. The van der Waals surface area contributed by atoms with Crippen LogP contribution in [0.25, 0.3) is 0 Å². The third kappa shape index (κ3) is 3.42. The van der Waals surface area contributed by atoms with Gasteiger partial charge in [-0.1, -0.05) is 44.2 Å². The highest BCUT2D eigenvalue weighted by molar-refractivity contribution is 5.34. The number of hydrogen-bond acceptors (Lipinski definition) is 2. The zero-order valence-corrected chi connectivity index (χ0v) is 11.9. The minimum absolute atomic E-state index is 0.145. The van der Waals surface area contributed by atoms with E-state index in [4.69, 9.17) is 5.73 Å². The predicted octanol–water partition coefficient (Wildman–Crippen LogP) is 3.64. The molecule has 19 heavy (non-hydrogen) atoms. The lowest BCUT2D eigenvalue weighted by Gasteiger charge is -2.15. The fourth-order valence-corrected chi connectivity index (χ4v) is 2.37. The van der Waals surface area contributed by atoms with E-state index in [9.17, 15) is 0 Å². The summed E-state index contributed by atoms with van der Waals surface area (Å²) in [6.07, 6.45) is 2.89. The zero-order valence-electron chi connectivity index (χ0n) is 11.9. The van der Waals surface area contributed by atoms with Crippen LogP contribution in [0.3, 0.4) is 0 Å². The Balaban J connectivity index is 2.29. The van der Waals surface area contributed by atoms with Gasteiger partial charge in [-0.2, -0.15) is 0 Å². The van der Waals surface area contributed by atoms with Gasteiger partial charge in [-0.15, -0.1) is 0 Å². The molecule has 0 aliphatic rings. The van der Waals surface area contributed by atoms with Crippen molar-refractivity contribution in [2.75, 3.05) is 0 Å². The van der Waals surface area contributed by atoms with E-state index in [0.29, 0.717) is 5.92 Å². The first-order valence-electron chi connectivity index (χ1n) is 6.84. The minimum Gasteiger partial charge on any atom is -0.319 e. The number of aryl methyl sites for hydroxylation is 1. The predicted molar refractivity (Wildman–Crippen MR) is 80.0 cm³/mol. The smallest absolute Gasteiger partial charge is 0.0729 e. The monoisotopic (exact) mass is 254 g/mol. The molecule has 100 valence electrons. The topological polar surface area (TPSA) is 38.9 Å². The highest BCUT2D eigenvalue weighted by Gasteiger charge is 2.13. The van der Waals surface area contributed by atoms with Crippen LogP contribution in [0.1, 0.15) is 42.3 Å². The molecule has 0 aliphatic heterocycles. The van der Waals surface area contributed by atoms with Crippen LogP contribution in [-0.4, -0.2) is 4.98 Å². The van der Waals surface area contributed by atoms with Gasteiger partial charge in [0.2, 0.25) is 0 Å². The van der Waals surface area contributed by atoms with Crippen molar-refractivity contribution in [2.45, 2.75) is 33.2 Å². The van der Waals surface area contributed by atoms with Crippen LogP contribution in [0.4, 0.5) is 0 Å². The maximum Gasteiger partial charge on any atom is 0.0729 e. The molecule has 0 amide bonds. The second-order valence-corrected chi connectivity index (χ2v) is 5.53. The van der Waals surface area contributed by atoms with Crippen LogP contribution in [0.15, 0.2) is 42.6 Å². The maximum absolute atomic E-state index is 6.35. The molecule has 1 unspecified atom stereocenters. The number of benzene rings is 1. The van der Waals surface area contributed by atoms with Gasteiger partial charge in [0.15, 0.2) is 0 Å². The lowest BCUT2D eigenvalue weighted by atomic mass is 9.96. The van der Waals surface area contributed by atoms with Gasteiger partial charge >= 0.3 is 0 Å². The normalized spacial score (nSPS) is 12.7. The lowest BCUT2D eigenvalue weighted by Crippen LogP contribution is -2.15. The van der Waals surface area contributed by atoms with Gasteiger partial charge in [0.25, 0.3) is 0 Å². The molecule has 1 aromatic heterocycles. The van der Waals surface area contributed by atoms with Crippen LogP contribution in [0, 0.1) is 12.8 Å². The molecule has 2 aromatic rings. The molecular weight excluding hydrogens is 232 g/mol. The van der Waals surface area contributed by atoms with E-state index in [0.717, 1.165) is 23.2 Å². The quantitative estimate of drug-likeness (QED) is 0.904. The summed E-state index contributed by atoms with van der Waals surface area (Å²) in [6, 6.07) is 12.4. The summed E-state index contributed by atoms with van der Waals surface area (Å²) in [5.74, 6) is 0.656. The van der Waals surface area contributed by atoms with Gasteiger partial charge in [-0.3, -0.25) is 4.98 Å². The average Bonchev–Trinajstić information content (AvgIpc) is 2.38. The van der Waals surface area contributed by atoms with Crippen LogP contribution in [0.2, 0.25) is 0 Å². The van der Waals surface area contributed by atoms with E-state index in [1.165, 1.54) is 5.56 Å². The van der Waals surface area contributed by atoms with Crippen molar-refractivity contribution < 1.29 is 0 Å². The lowest BCUT2D eigenvalue weighted by molar-refractivity contribution is 0.646. The Morgan fingerprint density at radius 3 is 2.63 bits per heavy atom. The molecule has 1 heterocycles. The second kappa shape index (κ2) is 5.98. The molecule has 2 rings (SSSR count). The first-order chi connectivity index (χ1) is 9.08. The van der Waals surface area contributed by atoms with Crippen molar-refractivity contribution in [3.63, 3.8) is 0 Å². The summed E-state index contributed by atoms with van der Waals surface area (Å²) < 4.78 is 0. The molecule has 0 aliphatic carbocycles. The number of nitrogens with zero attached hydrogens (tertiary/aromatic N) is 1. The fourth-order valence-electron chi connectivity index (χ4n) is 2.37. The summed E-state index contributed by atoms with van der Waals surface area (Å²) in [5, 5.41) is 0. The van der Waals surface area contributed by atoms with Gasteiger partial charge < -0.3 is 5.73 Å². The molecular formula is C17H22N2. The molecule has 1 atom stereocenters. The van der Waals surface area contributed by atoms with E-state index in [1.54, 1.807) is 6.20 Å². The standard InChI is InChI=1S/C17H22N2/c1-12(2)10-14-7-4-8-15(11-14)16(18)17-13(3)6-5-9-19-17/h4-9,11-12,16H,10,18H2,1-3H3. The first kappa shape index (κ1) is 13.8. The molecule has 1 aromatic carbocycles. The average molecular weight is 254 g/mol. The van der Waals surface area contributed by atoms with Gasteiger partial charge in [0.1, 0.15) is 0 Å². The molecule has 0 fully saturated rings. The number of aromatic nitrogens is 1. The van der Waals surface area contributed by atoms with E-state index in [1.807, 2.05) is 6.07 Å². The molecule has 0 radical (unpaired) electrons. The van der Waals surface area contributed by atoms with E-state index < -0.39 is 0 Å². The Hall–Kier alpha value is -1.67. The second-order valence-electron chi connectivity index (χ2n) is 5.53. The Kier molecular flexibility index (Phi) is 4.33. The molecule has 2 nitrogen and oxygen atoms in total. The van der Waals surface area contributed by atoms with Crippen molar-refractivity contribution in [2.24, 2.45) is 11.7 Å². The largest absolute Gasteiger partial charge is 0.319 e. The molecule has 0 bridgehead atoms. The molecule has 0 saturated carbocycles. The minimum atomic E-state index is -0.145. The van der Waals surface area contributed by atoms with E-state index in [2.05, 4.69) is 56.1 Å². The van der Waals surface area contributed by atoms with E-state index >= 15 is 0 Å². The Bertz CT molecular complexity index is 546. The summed E-state index contributed by atoms with van der Waals surface area (Å²) >= 11 is 0. The van der Waals surface area contributed by atoms with Crippen molar-refractivity contribution in [1.29, 1.82) is 0 Å². The molecule has 2 heteroatoms. The van der Waals surface area contributed by atoms with Gasteiger partial charge in [-0.05, 0) is 42.0 Å². The van der Waals surface area contributed by atoms with Crippen molar-refractivity contribution in [3.05, 3.63) is 65.0 Å². The number of rotatable bonds is 4. The molecule has 2 N–H and O–H groups in total. The number of nitrogens with two attached hydrogens (primary N) is 1. The third-order valence-corrected chi connectivity index (χ3v) is 3.30. The SMILES string of the molecule is Cc1cccnc1C(N)c1cccc(CC(C)C)c1. The Morgan fingerprint density at radius 1 is 1.16 bits per heavy atom.